The van der Waals surface area contributed by atoms with Crippen molar-refractivity contribution in [3.8, 4) is 11.1 Å². The van der Waals surface area contributed by atoms with E-state index in [1.165, 1.54) is 18.0 Å². The van der Waals surface area contributed by atoms with Crippen LogP contribution in [0, 0.1) is 0 Å². The van der Waals surface area contributed by atoms with Crippen molar-refractivity contribution in [2.75, 3.05) is 0 Å². The molecule has 2 aromatic rings. The normalized spacial score (nSPS) is 12.5. The molecular formula is C16H14F4N2. The van der Waals surface area contributed by atoms with Crippen LogP contribution in [0.15, 0.2) is 42.7 Å². The molecule has 2 rings (SSSR count). The molecule has 0 fully saturated rings. The molecule has 116 valence electrons. The lowest BCUT2D eigenvalue weighted by Gasteiger charge is -2.04. The zero-order chi connectivity index (χ0) is 16.2. The van der Waals surface area contributed by atoms with Crippen LogP contribution in [-0.2, 0) is 6.42 Å². The summed E-state index contributed by atoms with van der Waals surface area (Å²) >= 11 is 0. The summed E-state index contributed by atoms with van der Waals surface area (Å²) in [6.07, 6.45) is -0.560. The number of rotatable bonds is 4. The fourth-order valence-corrected chi connectivity index (χ4v) is 1.96. The molecule has 0 atom stereocenters. The van der Waals surface area contributed by atoms with Gasteiger partial charge in [-0.1, -0.05) is 37.6 Å². The highest BCUT2D eigenvalue weighted by Crippen LogP contribution is 2.24. The van der Waals surface area contributed by atoms with E-state index in [2.05, 4.69) is 16.9 Å². The third-order valence-corrected chi connectivity index (χ3v) is 2.98. The van der Waals surface area contributed by atoms with E-state index in [1.54, 1.807) is 0 Å². The molecular weight excluding hydrogens is 296 g/mol. The first-order valence-corrected chi connectivity index (χ1v) is 6.76. The monoisotopic (exact) mass is 310 g/mol. The maximum absolute atomic E-state index is 13.3. The van der Waals surface area contributed by atoms with Gasteiger partial charge in [-0.25, -0.2) is 14.4 Å². The third-order valence-electron chi connectivity index (χ3n) is 2.98. The molecule has 0 N–H and O–H groups in total. The number of hydrogen-bond donors (Lipinski definition) is 0. The number of nitrogens with zero attached hydrogens (tertiary/aromatic N) is 2. The fourth-order valence-electron chi connectivity index (χ4n) is 1.96. The van der Waals surface area contributed by atoms with Crippen LogP contribution in [0.4, 0.5) is 17.6 Å². The Kier molecular flexibility index (Phi) is 4.90. The van der Waals surface area contributed by atoms with Gasteiger partial charge in [0.15, 0.2) is 11.7 Å². The van der Waals surface area contributed by atoms with E-state index < -0.39 is 23.9 Å². The summed E-state index contributed by atoms with van der Waals surface area (Å²) in [6, 6.07) is 7.70. The van der Waals surface area contributed by atoms with E-state index in [4.69, 9.17) is 0 Å². The maximum atomic E-state index is 13.3. The zero-order valence-corrected chi connectivity index (χ0v) is 11.9. The van der Waals surface area contributed by atoms with Crippen LogP contribution in [0.1, 0.15) is 24.7 Å². The van der Waals surface area contributed by atoms with E-state index >= 15 is 0 Å². The van der Waals surface area contributed by atoms with Crippen molar-refractivity contribution in [3.05, 3.63) is 54.1 Å². The molecule has 1 aromatic heterocycles. The van der Waals surface area contributed by atoms with Gasteiger partial charge in [-0.05, 0) is 17.5 Å². The van der Waals surface area contributed by atoms with Gasteiger partial charge in [-0.3, -0.25) is 0 Å². The van der Waals surface area contributed by atoms with Crippen LogP contribution in [-0.4, -0.2) is 16.1 Å². The van der Waals surface area contributed by atoms with Gasteiger partial charge in [-0.2, -0.15) is 13.2 Å². The highest BCUT2D eigenvalue weighted by molar-refractivity contribution is 5.63. The molecule has 0 saturated carbocycles. The van der Waals surface area contributed by atoms with Crippen LogP contribution in [0.2, 0.25) is 0 Å². The molecule has 0 unspecified atom stereocenters. The highest BCUT2D eigenvalue weighted by atomic mass is 19.4. The Hall–Kier alpha value is -2.24. The molecule has 0 bridgehead atoms. The second-order valence-corrected chi connectivity index (χ2v) is 4.78. The smallest absolute Gasteiger partial charge is 0.234 e. The van der Waals surface area contributed by atoms with Crippen LogP contribution in [0.5, 0.6) is 0 Å². The minimum Gasteiger partial charge on any atom is -0.234 e. The average Bonchev–Trinajstić information content (AvgIpc) is 2.47. The molecule has 0 aliphatic heterocycles. The quantitative estimate of drug-likeness (QED) is 0.745. The molecule has 6 heteroatoms. The summed E-state index contributed by atoms with van der Waals surface area (Å²) in [5, 5.41) is 0. The minimum absolute atomic E-state index is 0.457. The Labute approximate surface area is 125 Å². The highest BCUT2D eigenvalue weighted by Gasteiger charge is 2.26. The predicted molar refractivity (Wildman–Crippen MR) is 76.6 cm³/mol. The maximum Gasteiger partial charge on any atom is 0.412 e. The van der Waals surface area contributed by atoms with Crippen molar-refractivity contribution in [1.29, 1.82) is 0 Å². The number of allylic oxidation sites excluding steroid dienone is 1. The number of benzene rings is 1. The predicted octanol–water partition coefficient (Wildman–Crippen LogP) is 4.97. The third kappa shape index (κ3) is 4.38. The molecule has 0 radical (unpaired) electrons. The largest absolute Gasteiger partial charge is 0.412 e. The van der Waals surface area contributed by atoms with Crippen molar-refractivity contribution < 1.29 is 17.6 Å². The topological polar surface area (TPSA) is 25.8 Å². The number of alkyl halides is 3. The molecule has 22 heavy (non-hydrogen) atoms. The van der Waals surface area contributed by atoms with Crippen LogP contribution >= 0.6 is 0 Å². The molecule has 0 amide bonds. The number of aryl methyl sites for hydroxylation is 1. The van der Waals surface area contributed by atoms with Gasteiger partial charge < -0.3 is 0 Å². The molecule has 0 spiro atoms. The van der Waals surface area contributed by atoms with Gasteiger partial charge in [0, 0.05) is 18.0 Å². The Morgan fingerprint density at radius 1 is 1.05 bits per heavy atom. The van der Waals surface area contributed by atoms with E-state index in [9.17, 15) is 17.6 Å². The van der Waals surface area contributed by atoms with Gasteiger partial charge in [0.05, 0.1) is 6.08 Å². The Balaban J connectivity index is 2.20. The summed E-state index contributed by atoms with van der Waals surface area (Å²) in [5.74, 6) is -2.08. The first-order chi connectivity index (χ1) is 10.4. The molecule has 2 nitrogen and oxygen atoms in total. The number of hydrogen-bond acceptors (Lipinski definition) is 2. The lowest BCUT2D eigenvalue weighted by Crippen LogP contribution is -2.03. The molecule has 0 saturated heterocycles. The molecule has 1 aromatic carbocycles. The summed E-state index contributed by atoms with van der Waals surface area (Å²) in [4.78, 5) is 7.29. The Bertz CT molecular complexity index is 643. The minimum atomic E-state index is -4.73. The molecule has 1 heterocycles. The van der Waals surface area contributed by atoms with Gasteiger partial charge in [0.1, 0.15) is 0 Å². The van der Waals surface area contributed by atoms with E-state index in [-0.39, 0.29) is 0 Å². The van der Waals surface area contributed by atoms with Crippen molar-refractivity contribution in [3.63, 3.8) is 0 Å². The van der Waals surface area contributed by atoms with E-state index in [0.29, 0.717) is 5.56 Å². The lowest BCUT2D eigenvalue weighted by molar-refractivity contribution is -0.0798. The summed E-state index contributed by atoms with van der Waals surface area (Å²) in [7, 11) is 0. The van der Waals surface area contributed by atoms with Gasteiger partial charge in [0.25, 0.3) is 0 Å². The van der Waals surface area contributed by atoms with E-state index in [1.807, 2.05) is 24.3 Å². The van der Waals surface area contributed by atoms with Crippen LogP contribution < -0.4 is 0 Å². The second-order valence-electron chi connectivity index (χ2n) is 4.78. The van der Waals surface area contributed by atoms with Crippen molar-refractivity contribution in [2.24, 2.45) is 0 Å². The summed E-state index contributed by atoms with van der Waals surface area (Å²) < 4.78 is 49.5. The summed E-state index contributed by atoms with van der Waals surface area (Å²) in [5.41, 5.74) is 2.64. The van der Waals surface area contributed by atoms with Gasteiger partial charge in [-0.15, -0.1) is 0 Å². The fraction of sp³-hybridized carbons (Fsp3) is 0.250. The van der Waals surface area contributed by atoms with Crippen molar-refractivity contribution in [2.45, 2.75) is 25.9 Å². The van der Waals surface area contributed by atoms with Crippen LogP contribution in [0.25, 0.3) is 17.0 Å². The zero-order valence-electron chi connectivity index (χ0n) is 11.9. The Morgan fingerprint density at radius 2 is 1.64 bits per heavy atom. The standard InChI is InChI=1S/C16H14F4N2/c1-2-3-11-4-6-12(7-5-11)13-9-21-15(22-10-13)14(17)8-16(18,19)20/h4-10H,2-3H2,1H3. The van der Waals surface area contributed by atoms with Crippen LogP contribution in [0.3, 0.4) is 0 Å². The summed E-state index contributed by atoms with van der Waals surface area (Å²) in [6.45, 7) is 2.09. The first kappa shape index (κ1) is 16.1. The average molecular weight is 310 g/mol. The Morgan fingerprint density at radius 3 is 2.14 bits per heavy atom. The van der Waals surface area contributed by atoms with Crippen molar-refractivity contribution >= 4 is 5.83 Å². The van der Waals surface area contributed by atoms with Gasteiger partial charge >= 0.3 is 6.18 Å². The number of aromatic nitrogens is 2. The lowest BCUT2D eigenvalue weighted by atomic mass is 10.0. The van der Waals surface area contributed by atoms with Gasteiger partial charge in [0.2, 0.25) is 0 Å². The molecule has 0 aliphatic carbocycles. The molecule has 0 aliphatic rings. The number of halogens is 4. The van der Waals surface area contributed by atoms with Crippen molar-refractivity contribution in [1.82, 2.24) is 9.97 Å². The second kappa shape index (κ2) is 6.68. The van der Waals surface area contributed by atoms with E-state index in [0.717, 1.165) is 18.4 Å². The SMILES string of the molecule is CCCc1ccc(-c2cnc(C(F)=CC(F)(F)F)nc2)cc1. The first-order valence-electron chi connectivity index (χ1n) is 6.76.